The van der Waals surface area contributed by atoms with Gasteiger partial charge in [-0.1, -0.05) is 29.8 Å². The summed E-state index contributed by atoms with van der Waals surface area (Å²) in [5, 5.41) is 12.8. The van der Waals surface area contributed by atoms with Gasteiger partial charge in [-0.2, -0.15) is 5.26 Å². The van der Waals surface area contributed by atoms with Gasteiger partial charge in [0.2, 0.25) is 0 Å². The third-order valence-electron chi connectivity index (χ3n) is 5.49. The van der Waals surface area contributed by atoms with Gasteiger partial charge in [-0.05, 0) is 57.2 Å². The van der Waals surface area contributed by atoms with Crippen LogP contribution in [0.15, 0.2) is 46.4 Å². The van der Waals surface area contributed by atoms with Crippen LogP contribution in [-0.4, -0.2) is 18.5 Å². The molecule has 1 aliphatic rings. The summed E-state index contributed by atoms with van der Waals surface area (Å²) in [6.07, 6.45) is 5.11. The fraction of sp³-hybridized carbons (Fsp3) is 0.269. The molecule has 3 aromatic rings. The number of carbonyl (C=O) groups excluding carboxylic acids is 2. The highest BCUT2D eigenvalue weighted by Gasteiger charge is 2.27. The molecule has 0 unspecified atom stereocenters. The first-order valence-corrected chi connectivity index (χ1v) is 11.7. The molecule has 0 spiro atoms. The third kappa shape index (κ3) is 4.91. The number of aryl methyl sites for hydroxylation is 2. The molecule has 1 aliphatic carbocycles. The molecule has 0 saturated heterocycles. The SMILES string of the molecule is CCOC(=O)c1c(NC(=O)/C(C#N)=C\c2ccc(-c3ccc(C)cc3)o2)sc2c1CCCC2. The normalized spacial score (nSPS) is 13.2. The molecular formula is C26H24N2O4S. The first kappa shape index (κ1) is 22.6. The van der Waals surface area contributed by atoms with Gasteiger partial charge >= 0.3 is 5.97 Å². The second-order valence-corrected chi connectivity index (χ2v) is 8.93. The van der Waals surface area contributed by atoms with Crippen LogP contribution in [-0.2, 0) is 22.4 Å². The number of thiophene rings is 1. The maximum Gasteiger partial charge on any atom is 0.341 e. The van der Waals surface area contributed by atoms with Crippen LogP contribution in [0, 0.1) is 18.3 Å². The highest BCUT2D eigenvalue weighted by molar-refractivity contribution is 7.17. The molecule has 1 N–H and O–H groups in total. The molecular weight excluding hydrogens is 436 g/mol. The molecule has 33 heavy (non-hydrogen) atoms. The first-order chi connectivity index (χ1) is 16.0. The summed E-state index contributed by atoms with van der Waals surface area (Å²) >= 11 is 1.39. The minimum atomic E-state index is -0.588. The van der Waals surface area contributed by atoms with E-state index in [-0.39, 0.29) is 12.2 Å². The molecule has 0 radical (unpaired) electrons. The number of nitrogens with zero attached hydrogens (tertiary/aromatic N) is 1. The Morgan fingerprint density at radius 3 is 2.67 bits per heavy atom. The highest BCUT2D eigenvalue weighted by atomic mass is 32.1. The van der Waals surface area contributed by atoms with Gasteiger partial charge < -0.3 is 14.5 Å². The maximum absolute atomic E-state index is 12.9. The maximum atomic E-state index is 12.9. The predicted molar refractivity (Wildman–Crippen MR) is 128 cm³/mol. The molecule has 1 aromatic carbocycles. The summed E-state index contributed by atoms with van der Waals surface area (Å²) in [5.41, 5.74) is 3.32. The lowest BCUT2D eigenvalue weighted by atomic mass is 9.95. The van der Waals surface area contributed by atoms with Gasteiger partial charge in [-0.15, -0.1) is 11.3 Å². The van der Waals surface area contributed by atoms with Crippen molar-refractivity contribution in [3.8, 4) is 17.4 Å². The number of benzene rings is 1. The molecule has 1 amide bonds. The van der Waals surface area contributed by atoms with E-state index in [1.807, 2.05) is 37.3 Å². The largest absolute Gasteiger partial charge is 0.462 e. The summed E-state index contributed by atoms with van der Waals surface area (Å²) in [4.78, 5) is 26.6. The number of nitriles is 1. The van der Waals surface area contributed by atoms with Crippen LogP contribution in [0.1, 0.15) is 51.9 Å². The minimum absolute atomic E-state index is 0.110. The topological polar surface area (TPSA) is 92.3 Å². The lowest BCUT2D eigenvalue weighted by molar-refractivity contribution is -0.112. The molecule has 0 aliphatic heterocycles. The molecule has 0 atom stereocenters. The van der Waals surface area contributed by atoms with Crippen molar-refractivity contribution >= 4 is 34.3 Å². The number of ether oxygens (including phenoxy) is 1. The number of hydrogen-bond acceptors (Lipinski definition) is 6. The van der Waals surface area contributed by atoms with Crippen molar-refractivity contribution in [1.29, 1.82) is 5.26 Å². The smallest absolute Gasteiger partial charge is 0.341 e. The molecule has 4 rings (SSSR count). The second kappa shape index (κ2) is 9.88. The van der Waals surface area contributed by atoms with Crippen molar-refractivity contribution in [3.05, 3.63) is 69.3 Å². The zero-order valence-electron chi connectivity index (χ0n) is 18.6. The van der Waals surface area contributed by atoms with E-state index < -0.39 is 11.9 Å². The van der Waals surface area contributed by atoms with Crippen LogP contribution in [0.5, 0.6) is 0 Å². The number of hydrogen-bond donors (Lipinski definition) is 1. The third-order valence-corrected chi connectivity index (χ3v) is 6.70. The van der Waals surface area contributed by atoms with Gasteiger partial charge in [0.25, 0.3) is 5.91 Å². The summed E-state index contributed by atoms with van der Waals surface area (Å²) < 4.78 is 11.1. The van der Waals surface area contributed by atoms with Gasteiger partial charge in [0.15, 0.2) is 0 Å². The fourth-order valence-corrected chi connectivity index (χ4v) is 5.11. The standard InChI is InChI=1S/C26H24N2O4S/c1-3-31-26(30)23-20-6-4-5-7-22(20)33-25(23)28-24(29)18(15-27)14-19-12-13-21(32-19)17-10-8-16(2)9-11-17/h8-14H,3-7H2,1-2H3,(H,28,29)/b18-14-. The predicted octanol–water partition coefficient (Wildman–Crippen LogP) is 5.92. The Labute approximate surface area is 196 Å². The monoisotopic (exact) mass is 460 g/mol. The van der Waals surface area contributed by atoms with E-state index >= 15 is 0 Å². The lowest BCUT2D eigenvalue weighted by Crippen LogP contribution is -2.16. The average Bonchev–Trinajstić information content (AvgIpc) is 3.42. The number of fused-ring (bicyclic) bond motifs is 1. The zero-order chi connectivity index (χ0) is 23.4. The van der Waals surface area contributed by atoms with Crippen molar-refractivity contribution in [3.63, 3.8) is 0 Å². The van der Waals surface area contributed by atoms with Gasteiger partial charge in [-0.25, -0.2) is 4.79 Å². The molecule has 2 heterocycles. The fourth-order valence-electron chi connectivity index (χ4n) is 3.84. The number of furan rings is 1. The summed E-state index contributed by atoms with van der Waals surface area (Å²) in [7, 11) is 0. The number of anilines is 1. The Bertz CT molecular complexity index is 1260. The molecule has 0 saturated carbocycles. The van der Waals surface area contributed by atoms with Gasteiger partial charge in [0.05, 0.1) is 12.2 Å². The Hall–Kier alpha value is -3.63. The minimum Gasteiger partial charge on any atom is -0.462 e. The molecule has 2 aromatic heterocycles. The number of carbonyl (C=O) groups is 2. The van der Waals surface area contributed by atoms with Crippen LogP contribution in [0.4, 0.5) is 5.00 Å². The van der Waals surface area contributed by atoms with Crippen LogP contribution in [0.2, 0.25) is 0 Å². The van der Waals surface area contributed by atoms with E-state index in [0.29, 0.717) is 22.1 Å². The second-order valence-electron chi connectivity index (χ2n) is 7.83. The van der Waals surface area contributed by atoms with Crippen LogP contribution >= 0.6 is 11.3 Å². The van der Waals surface area contributed by atoms with Gasteiger partial charge in [-0.3, -0.25) is 4.79 Å². The number of amides is 1. The molecule has 6 nitrogen and oxygen atoms in total. The van der Waals surface area contributed by atoms with Gasteiger partial charge in [0, 0.05) is 16.5 Å². The average molecular weight is 461 g/mol. The van der Waals surface area contributed by atoms with Crippen molar-refractivity contribution in [2.24, 2.45) is 0 Å². The summed E-state index contributed by atoms with van der Waals surface area (Å²) in [5.74, 6) is 0.0150. The van der Waals surface area contributed by atoms with E-state index in [4.69, 9.17) is 9.15 Å². The summed E-state index contributed by atoms with van der Waals surface area (Å²) in [6, 6.07) is 13.3. The number of esters is 1. The van der Waals surface area contributed by atoms with Crippen molar-refractivity contribution in [1.82, 2.24) is 0 Å². The first-order valence-electron chi connectivity index (χ1n) is 10.9. The van der Waals surface area contributed by atoms with Crippen molar-refractivity contribution in [2.45, 2.75) is 39.5 Å². The van der Waals surface area contributed by atoms with Crippen molar-refractivity contribution < 1.29 is 18.7 Å². The number of nitrogens with one attached hydrogen (secondary N) is 1. The van der Waals surface area contributed by atoms with Gasteiger partial charge in [0.1, 0.15) is 28.2 Å². The molecule has 0 bridgehead atoms. The van der Waals surface area contributed by atoms with Crippen LogP contribution in [0.3, 0.4) is 0 Å². The molecule has 7 heteroatoms. The van der Waals surface area contributed by atoms with E-state index in [9.17, 15) is 14.9 Å². The van der Waals surface area contributed by atoms with E-state index in [1.54, 1.807) is 19.1 Å². The Balaban J connectivity index is 1.58. The molecule has 0 fully saturated rings. The van der Waals surface area contributed by atoms with Crippen molar-refractivity contribution in [2.75, 3.05) is 11.9 Å². The van der Waals surface area contributed by atoms with Crippen LogP contribution in [0.25, 0.3) is 17.4 Å². The summed E-state index contributed by atoms with van der Waals surface area (Å²) in [6.45, 7) is 4.01. The zero-order valence-corrected chi connectivity index (χ0v) is 19.4. The lowest BCUT2D eigenvalue weighted by Gasteiger charge is -2.12. The van der Waals surface area contributed by atoms with E-state index in [2.05, 4.69) is 5.32 Å². The highest BCUT2D eigenvalue weighted by Crippen LogP contribution is 2.39. The van der Waals surface area contributed by atoms with Crippen LogP contribution < -0.4 is 5.32 Å². The molecule has 168 valence electrons. The number of rotatable bonds is 6. The quantitative estimate of drug-likeness (QED) is 0.280. The Morgan fingerprint density at radius 1 is 1.18 bits per heavy atom. The van der Waals surface area contributed by atoms with E-state index in [1.165, 1.54) is 17.4 Å². The van der Waals surface area contributed by atoms with E-state index in [0.717, 1.165) is 47.3 Å². The Kier molecular flexibility index (Phi) is 6.76. The Morgan fingerprint density at radius 2 is 1.94 bits per heavy atom.